The zero-order valence-corrected chi connectivity index (χ0v) is 22.0. The SMILES string of the molecule is CCCCCCC(CC)CCCCCC=CCC(CC)CCCC(CC)CCCC. The minimum atomic E-state index is 0.919. The average molecular weight is 421 g/mol. The molecule has 3 unspecified atom stereocenters. The molecule has 0 spiro atoms. The maximum Gasteiger partial charge on any atom is -0.0322 e. The Balaban J connectivity index is 3.74. The summed E-state index contributed by atoms with van der Waals surface area (Å²) in [7, 11) is 0. The molecule has 0 aromatic carbocycles. The highest BCUT2D eigenvalue weighted by molar-refractivity contribution is 4.84. The molecule has 0 heteroatoms. The van der Waals surface area contributed by atoms with Crippen LogP contribution in [0, 0.1) is 17.8 Å². The molecule has 0 heterocycles. The molecule has 0 saturated heterocycles. The summed E-state index contributed by atoms with van der Waals surface area (Å²) >= 11 is 0. The van der Waals surface area contributed by atoms with Crippen molar-refractivity contribution < 1.29 is 0 Å². The lowest BCUT2D eigenvalue weighted by molar-refractivity contribution is 0.371. The van der Waals surface area contributed by atoms with E-state index >= 15 is 0 Å². The van der Waals surface area contributed by atoms with E-state index in [1.54, 1.807) is 0 Å². The number of rotatable bonds is 23. The van der Waals surface area contributed by atoms with Crippen LogP contribution in [-0.4, -0.2) is 0 Å². The Morgan fingerprint density at radius 2 is 0.933 bits per heavy atom. The van der Waals surface area contributed by atoms with Gasteiger partial charge in [-0.3, -0.25) is 0 Å². The Labute approximate surface area is 193 Å². The van der Waals surface area contributed by atoms with Crippen molar-refractivity contribution in [2.45, 2.75) is 163 Å². The predicted molar refractivity (Wildman–Crippen MR) is 140 cm³/mol. The molecule has 3 atom stereocenters. The summed E-state index contributed by atoms with van der Waals surface area (Å²) in [5.74, 6) is 2.90. The standard InChI is InChI=1S/C30H60/c1-6-11-13-18-23-29(9-4)24-19-16-14-15-17-20-25-30(10-5)27-21-26-28(8-3)22-12-7-2/h17,20,28-30H,6-16,18-19,21-27H2,1-5H3. The van der Waals surface area contributed by atoms with Gasteiger partial charge in [-0.05, 0) is 37.0 Å². The first-order chi connectivity index (χ1) is 14.7. The molecule has 0 saturated carbocycles. The Morgan fingerprint density at radius 1 is 0.433 bits per heavy atom. The Bertz CT molecular complexity index is 342. The average Bonchev–Trinajstić information content (AvgIpc) is 2.77. The van der Waals surface area contributed by atoms with Crippen LogP contribution in [0.4, 0.5) is 0 Å². The van der Waals surface area contributed by atoms with Crippen molar-refractivity contribution in [1.82, 2.24) is 0 Å². The van der Waals surface area contributed by atoms with Gasteiger partial charge in [-0.25, -0.2) is 0 Å². The van der Waals surface area contributed by atoms with E-state index in [-0.39, 0.29) is 0 Å². The van der Waals surface area contributed by atoms with Gasteiger partial charge < -0.3 is 0 Å². The van der Waals surface area contributed by atoms with E-state index in [9.17, 15) is 0 Å². The van der Waals surface area contributed by atoms with Gasteiger partial charge in [0.2, 0.25) is 0 Å². The van der Waals surface area contributed by atoms with Crippen LogP contribution < -0.4 is 0 Å². The van der Waals surface area contributed by atoms with Gasteiger partial charge in [0.05, 0.1) is 0 Å². The quantitative estimate of drug-likeness (QED) is 0.114. The lowest BCUT2D eigenvalue weighted by Gasteiger charge is -2.17. The van der Waals surface area contributed by atoms with Crippen LogP contribution in [0.1, 0.15) is 163 Å². The first kappa shape index (κ1) is 29.7. The van der Waals surface area contributed by atoms with Gasteiger partial charge >= 0.3 is 0 Å². The molecular weight excluding hydrogens is 360 g/mol. The molecule has 0 radical (unpaired) electrons. The Morgan fingerprint density at radius 3 is 1.50 bits per heavy atom. The van der Waals surface area contributed by atoms with Crippen LogP contribution in [0.3, 0.4) is 0 Å². The van der Waals surface area contributed by atoms with Crippen LogP contribution in [0.2, 0.25) is 0 Å². The molecule has 0 bridgehead atoms. The number of allylic oxidation sites excluding steroid dienone is 2. The Hall–Kier alpha value is -0.260. The van der Waals surface area contributed by atoms with E-state index < -0.39 is 0 Å². The number of hydrogen-bond donors (Lipinski definition) is 0. The summed E-state index contributed by atoms with van der Waals surface area (Å²) in [4.78, 5) is 0. The van der Waals surface area contributed by atoms with Gasteiger partial charge in [-0.1, -0.05) is 156 Å². The monoisotopic (exact) mass is 420 g/mol. The van der Waals surface area contributed by atoms with Crippen LogP contribution in [0.15, 0.2) is 12.2 Å². The summed E-state index contributed by atoms with van der Waals surface area (Å²) in [5.41, 5.74) is 0. The highest BCUT2D eigenvalue weighted by atomic mass is 14.1. The van der Waals surface area contributed by atoms with Crippen molar-refractivity contribution in [1.29, 1.82) is 0 Å². The maximum absolute atomic E-state index is 2.51. The molecule has 0 aromatic heterocycles. The van der Waals surface area contributed by atoms with Crippen LogP contribution in [0.5, 0.6) is 0 Å². The van der Waals surface area contributed by atoms with Gasteiger partial charge in [0, 0.05) is 0 Å². The molecule has 0 amide bonds. The van der Waals surface area contributed by atoms with E-state index in [0.717, 1.165) is 17.8 Å². The third kappa shape index (κ3) is 18.5. The molecular formula is C30H60. The normalized spacial score (nSPS) is 15.0. The van der Waals surface area contributed by atoms with Crippen LogP contribution >= 0.6 is 0 Å². The van der Waals surface area contributed by atoms with Crippen molar-refractivity contribution >= 4 is 0 Å². The third-order valence-corrected chi connectivity index (χ3v) is 7.51. The largest absolute Gasteiger partial charge is 0.0885 e. The van der Waals surface area contributed by atoms with E-state index in [2.05, 4.69) is 46.8 Å². The molecule has 0 nitrogen and oxygen atoms in total. The minimum Gasteiger partial charge on any atom is -0.0885 e. The van der Waals surface area contributed by atoms with Crippen molar-refractivity contribution in [3.63, 3.8) is 0 Å². The van der Waals surface area contributed by atoms with Gasteiger partial charge in [0.1, 0.15) is 0 Å². The summed E-state index contributed by atoms with van der Waals surface area (Å²) in [6, 6.07) is 0. The molecule has 0 aliphatic rings. The molecule has 0 aliphatic carbocycles. The molecule has 30 heavy (non-hydrogen) atoms. The topological polar surface area (TPSA) is 0 Å². The fraction of sp³-hybridized carbons (Fsp3) is 0.933. The molecule has 0 fully saturated rings. The van der Waals surface area contributed by atoms with E-state index in [1.807, 2.05) is 0 Å². The second-order valence-electron chi connectivity index (χ2n) is 10.1. The van der Waals surface area contributed by atoms with Gasteiger partial charge in [0.25, 0.3) is 0 Å². The first-order valence-corrected chi connectivity index (χ1v) is 14.4. The van der Waals surface area contributed by atoms with E-state index in [0.29, 0.717) is 0 Å². The van der Waals surface area contributed by atoms with Crippen LogP contribution in [0.25, 0.3) is 0 Å². The second-order valence-corrected chi connectivity index (χ2v) is 10.1. The highest BCUT2D eigenvalue weighted by Gasteiger charge is 2.09. The summed E-state index contributed by atoms with van der Waals surface area (Å²) < 4.78 is 0. The number of unbranched alkanes of at least 4 members (excludes halogenated alkanes) is 7. The summed E-state index contributed by atoms with van der Waals surface area (Å²) in [5, 5.41) is 0. The molecule has 0 N–H and O–H groups in total. The van der Waals surface area contributed by atoms with Gasteiger partial charge in [0.15, 0.2) is 0 Å². The molecule has 0 rings (SSSR count). The summed E-state index contributed by atoms with van der Waals surface area (Å²) in [6.07, 6.45) is 33.3. The molecule has 0 aliphatic heterocycles. The maximum atomic E-state index is 2.51. The smallest absolute Gasteiger partial charge is 0.0322 e. The van der Waals surface area contributed by atoms with Crippen molar-refractivity contribution in [2.24, 2.45) is 17.8 Å². The fourth-order valence-corrected chi connectivity index (χ4v) is 4.92. The molecule has 180 valence electrons. The first-order valence-electron chi connectivity index (χ1n) is 14.4. The zero-order valence-electron chi connectivity index (χ0n) is 22.0. The third-order valence-electron chi connectivity index (χ3n) is 7.51. The predicted octanol–water partition coefficient (Wildman–Crippen LogP) is 11.3. The summed E-state index contributed by atoms with van der Waals surface area (Å²) in [6.45, 7) is 11.8. The van der Waals surface area contributed by atoms with Crippen LogP contribution in [-0.2, 0) is 0 Å². The fourth-order valence-electron chi connectivity index (χ4n) is 4.92. The minimum absolute atomic E-state index is 0.919. The number of hydrogen-bond acceptors (Lipinski definition) is 0. The van der Waals surface area contributed by atoms with E-state index in [4.69, 9.17) is 0 Å². The van der Waals surface area contributed by atoms with Crippen molar-refractivity contribution in [3.8, 4) is 0 Å². The second kappa shape index (κ2) is 23.4. The highest BCUT2D eigenvalue weighted by Crippen LogP contribution is 2.24. The molecule has 0 aromatic rings. The lowest BCUT2D eigenvalue weighted by Crippen LogP contribution is -2.02. The van der Waals surface area contributed by atoms with Gasteiger partial charge in [-0.15, -0.1) is 0 Å². The lowest BCUT2D eigenvalue weighted by atomic mass is 9.89. The van der Waals surface area contributed by atoms with Gasteiger partial charge in [-0.2, -0.15) is 0 Å². The van der Waals surface area contributed by atoms with Crippen molar-refractivity contribution in [3.05, 3.63) is 12.2 Å². The van der Waals surface area contributed by atoms with Crippen molar-refractivity contribution in [2.75, 3.05) is 0 Å². The zero-order chi connectivity index (χ0) is 22.3. The van der Waals surface area contributed by atoms with E-state index in [1.165, 1.54) is 128 Å². The Kier molecular flexibility index (Phi) is 23.2.